The molecular weight excluding hydrogens is 641 g/mol. The average Bonchev–Trinajstić information content (AvgIpc) is 3.36. The normalized spacial score (nSPS) is 16.0. The smallest absolute Gasteiger partial charge is 0.0730 e. The predicted octanol–water partition coefficient (Wildman–Crippen LogP) is 12.1. The van der Waals surface area contributed by atoms with Crippen molar-refractivity contribution >= 4 is 23.6 Å². The van der Waals surface area contributed by atoms with Crippen molar-refractivity contribution in [3.05, 3.63) is 184 Å². The van der Waals surface area contributed by atoms with E-state index in [2.05, 4.69) is 203 Å². The van der Waals surface area contributed by atoms with Crippen LogP contribution in [0.25, 0.3) is 33.4 Å². The number of allylic oxidation sites excluding steroid dienone is 4. The van der Waals surface area contributed by atoms with Crippen molar-refractivity contribution in [2.75, 3.05) is 0 Å². The number of hydrogen-bond donors (Lipinski definition) is 0. The summed E-state index contributed by atoms with van der Waals surface area (Å²) >= 11 is 0. The van der Waals surface area contributed by atoms with Crippen molar-refractivity contribution in [2.45, 2.75) is 74.3 Å². The van der Waals surface area contributed by atoms with E-state index in [0.29, 0.717) is 0 Å². The van der Waals surface area contributed by atoms with Gasteiger partial charge in [-0.05, 0) is 150 Å². The Labute approximate surface area is 313 Å². The van der Waals surface area contributed by atoms with Gasteiger partial charge in [-0.15, -0.1) is 0 Å². The third-order valence-corrected chi connectivity index (χ3v) is 19.2. The summed E-state index contributed by atoms with van der Waals surface area (Å²) in [6.07, 6.45) is 2.66. The zero-order chi connectivity index (χ0) is 36.9. The van der Waals surface area contributed by atoms with Gasteiger partial charge in [0.2, 0.25) is 0 Å². The largest absolute Gasteiger partial charge is 0.162 e. The average molecular weight is 693 g/mol. The number of benzene rings is 6. The van der Waals surface area contributed by atoms with Crippen LogP contribution in [0.5, 0.6) is 0 Å². The molecule has 1 aliphatic carbocycles. The third kappa shape index (κ3) is 5.32. The fraction of sp³-hybridized carbons (Fsp3) is 0.216. The molecule has 0 aliphatic heterocycles. The Kier molecular flexibility index (Phi) is 9.22. The zero-order valence-electron chi connectivity index (χ0n) is 32.7. The second kappa shape index (κ2) is 13.5. The van der Waals surface area contributed by atoms with Gasteiger partial charge < -0.3 is 0 Å². The van der Waals surface area contributed by atoms with E-state index < -0.39 is 8.07 Å². The van der Waals surface area contributed by atoms with E-state index in [-0.39, 0.29) is 5.04 Å². The Hall–Kier alpha value is -4.98. The van der Waals surface area contributed by atoms with Crippen molar-refractivity contribution in [1.29, 1.82) is 0 Å². The highest BCUT2D eigenvalue weighted by Crippen LogP contribution is 2.54. The van der Waals surface area contributed by atoms with E-state index in [1.54, 1.807) is 0 Å². The summed E-state index contributed by atoms with van der Waals surface area (Å²) in [6.45, 7) is 23.9. The second-order valence-corrected chi connectivity index (χ2v) is 19.5. The van der Waals surface area contributed by atoms with Crippen LogP contribution in [-0.2, 0) is 0 Å². The van der Waals surface area contributed by atoms with Gasteiger partial charge in [-0.3, -0.25) is 0 Å². The Morgan fingerprint density at radius 3 is 0.942 bits per heavy atom. The van der Waals surface area contributed by atoms with Gasteiger partial charge in [-0.25, -0.2) is 0 Å². The minimum Gasteiger partial charge on any atom is -0.0730 e. The molecule has 0 bridgehead atoms. The van der Waals surface area contributed by atoms with Crippen LogP contribution in [0.2, 0.25) is 5.04 Å². The Morgan fingerprint density at radius 2 is 0.673 bits per heavy atom. The monoisotopic (exact) mass is 692 g/mol. The minimum atomic E-state index is -3.00. The SMILES string of the molecule is CC1=CC(C)([Si](c2ccc(-c3ccccc3)c(C)c2C)(c2ccc(-c3ccccc3)c(C)c2C)c2ccc(-c3ccccc3)c(C)c2C)C(C)=C1C. The van der Waals surface area contributed by atoms with Gasteiger partial charge in [0.1, 0.15) is 0 Å². The molecule has 6 aromatic rings. The lowest BCUT2D eigenvalue weighted by molar-refractivity contribution is 0.868. The molecule has 0 saturated heterocycles. The molecular formula is C51H52Si. The van der Waals surface area contributed by atoms with Crippen LogP contribution in [-0.4, -0.2) is 8.07 Å². The van der Waals surface area contributed by atoms with Crippen LogP contribution in [0.15, 0.2) is 150 Å². The van der Waals surface area contributed by atoms with Crippen LogP contribution < -0.4 is 15.6 Å². The quantitative estimate of drug-likeness (QED) is 0.115. The van der Waals surface area contributed by atoms with Gasteiger partial charge in [0.05, 0.1) is 0 Å². The summed E-state index contributed by atoms with van der Waals surface area (Å²) < 4.78 is 0. The lowest BCUT2D eigenvalue weighted by Crippen LogP contribution is -2.75. The van der Waals surface area contributed by atoms with Crippen molar-refractivity contribution in [3.8, 4) is 33.4 Å². The topological polar surface area (TPSA) is 0 Å². The maximum Gasteiger partial charge on any atom is 0.162 e. The van der Waals surface area contributed by atoms with Crippen molar-refractivity contribution < 1.29 is 0 Å². The molecule has 0 heterocycles. The van der Waals surface area contributed by atoms with Gasteiger partial charge >= 0.3 is 0 Å². The maximum absolute atomic E-state index is 3.00. The summed E-state index contributed by atoms with van der Waals surface area (Å²) in [5.74, 6) is 0. The molecule has 0 N–H and O–H groups in total. The summed E-state index contributed by atoms with van der Waals surface area (Å²) in [5.41, 5.74) is 20.4. The highest BCUT2D eigenvalue weighted by Gasteiger charge is 2.58. The fourth-order valence-corrected chi connectivity index (χ4v) is 16.5. The van der Waals surface area contributed by atoms with Crippen LogP contribution in [0.1, 0.15) is 61.1 Å². The fourth-order valence-electron chi connectivity index (χ4n) is 9.47. The zero-order valence-corrected chi connectivity index (χ0v) is 33.7. The number of rotatable bonds is 7. The Balaban J connectivity index is 1.66. The molecule has 0 saturated carbocycles. The summed E-state index contributed by atoms with van der Waals surface area (Å²) in [4.78, 5) is 0. The molecule has 0 spiro atoms. The first kappa shape index (κ1) is 35.4. The lowest BCUT2D eigenvalue weighted by Gasteiger charge is -2.49. The molecule has 0 fully saturated rings. The first-order chi connectivity index (χ1) is 24.9. The molecule has 1 unspecified atom stereocenters. The van der Waals surface area contributed by atoms with Gasteiger partial charge in [0, 0.05) is 5.04 Å². The van der Waals surface area contributed by atoms with E-state index >= 15 is 0 Å². The predicted molar refractivity (Wildman–Crippen MR) is 229 cm³/mol. The van der Waals surface area contributed by atoms with Crippen molar-refractivity contribution in [2.24, 2.45) is 0 Å². The van der Waals surface area contributed by atoms with Crippen LogP contribution in [0.4, 0.5) is 0 Å². The molecule has 260 valence electrons. The maximum atomic E-state index is 2.66. The van der Waals surface area contributed by atoms with E-state index in [1.807, 2.05) is 0 Å². The summed E-state index contributed by atoms with van der Waals surface area (Å²) in [5, 5.41) is 4.31. The highest BCUT2D eigenvalue weighted by molar-refractivity contribution is 7.14. The van der Waals surface area contributed by atoms with Gasteiger partial charge in [0.25, 0.3) is 0 Å². The molecule has 0 aromatic heterocycles. The van der Waals surface area contributed by atoms with Gasteiger partial charge in [-0.1, -0.05) is 152 Å². The van der Waals surface area contributed by atoms with E-state index in [0.717, 1.165) is 0 Å². The van der Waals surface area contributed by atoms with E-state index in [1.165, 1.54) is 99.0 Å². The van der Waals surface area contributed by atoms with Crippen LogP contribution in [0.3, 0.4) is 0 Å². The van der Waals surface area contributed by atoms with E-state index in [4.69, 9.17) is 0 Å². The molecule has 0 radical (unpaired) electrons. The van der Waals surface area contributed by atoms with Gasteiger partial charge in [-0.2, -0.15) is 0 Å². The third-order valence-electron chi connectivity index (χ3n) is 13.0. The summed E-state index contributed by atoms with van der Waals surface area (Å²) in [7, 11) is -3.00. The summed E-state index contributed by atoms with van der Waals surface area (Å²) in [6, 6.07) is 47.6. The molecule has 7 rings (SSSR count). The molecule has 6 aromatic carbocycles. The van der Waals surface area contributed by atoms with Crippen molar-refractivity contribution in [3.63, 3.8) is 0 Å². The Bertz CT molecular complexity index is 2150. The molecule has 0 nitrogen and oxygen atoms in total. The van der Waals surface area contributed by atoms with Gasteiger partial charge in [0.15, 0.2) is 8.07 Å². The molecule has 1 heteroatoms. The molecule has 0 amide bonds. The highest BCUT2D eigenvalue weighted by atomic mass is 28.3. The van der Waals surface area contributed by atoms with Crippen molar-refractivity contribution in [1.82, 2.24) is 0 Å². The lowest BCUT2D eigenvalue weighted by atomic mass is 9.96. The van der Waals surface area contributed by atoms with Crippen LogP contribution >= 0.6 is 0 Å². The molecule has 1 aliphatic rings. The Morgan fingerprint density at radius 1 is 0.365 bits per heavy atom. The first-order valence-electron chi connectivity index (χ1n) is 18.8. The number of hydrogen-bond acceptors (Lipinski definition) is 0. The molecule has 52 heavy (non-hydrogen) atoms. The first-order valence-corrected chi connectivity index (χ1v) is 20.8. The minimum absolute atomic E-state index is 0.219. The van der Waals surface area contributed by atoms with E-state index in [9.17, 15) is 0 Å². The van der Waals surface area contributed by atoms with Crippen LogP contribution in [0, 0.1) is 41.5 Å². The molecule has 1 atom stereocenters. The standard InChI is InChI=1S/C51H52Si/c1-33-32-51(10,41(9)34(33)2)52(48-29-26-45(35(3)38(48)6)42-20-14-11-15-21-42,49-30-27-46(36(4)39(49)7)43-22-16-12-17-23-43)50-31-28-47(37(5)40(50)8)44-24-18-13-19-25-44/h11-32H,1-10H3. The second-order valence-electron chi connectivity index (χ2n) is 15.4.